The Morgan fingerprint density at radius 1 is 0.769 bits per heavy atom. The van der Waals surface area contributed by atoms with Crippen LogP contribution in [0.2, 0.25) is 0 Å². The topological polar surface area (TPSA) is 17.1 Å². The lowest BCUT2D eigenvalue weighted by molar-refractivity contribution is -0.116. The molecule has 0 atom stereocenters. The molecule has 0 saturated carbocycles. The quantitative estimate of drug-likeness (QED) is 0.220. The minimum Gasteiger partial charge on any atom is -0.295 e. The summed E-state index contributed by atoms with van der Waals surface area (Å²) >= 11 is 0. The van der Waals surface area contributed by atoms with Gasteiger partial charge in [0, 0.05) is 17.4 Å². The van der Waals surface area contributed by atoms with Crippen LogP contribution in [0.1, 0.15) is 48.0 Å². The van der Waals surface area contributed by atoms with Crippen LogP contribution in [0, 0.1) is 5.41 Å². The Balaban J connectivity index is 2.25. The third-order valence-corrected chi connectivity index (χ3v) is 11.6. The third-order valence-electron chi connectivity index (χ3n) is 7.27. The fourth-order valence-electron chi connectivity index (χ4n) is 5.78. The molecule has 3 aromatic rings. The van der Waals surface area contributed by atoms with Gasteiger partial charge in [0.25, 0.3) is 0 Å². The molecule has 1 aliphatic carbocycles. The van der Waals surface area contributed by atoms with Crippen LogP contribution in [0.15, 0.2) is 149 Å². The van der Waals surface area contributed by atoms with Gasteiger partial charge in [-0.2, -0.15) is 0 Å². The monoisotopic (exact) mass is 531 g/mol. The Labute approximate surface area is 235 Å². The standard InChI is InChI=1S/C37H40OP/c1-28(2)17-16-18-29(3)25-35(36-30(4)26-31(38)27-37(36,5)6)39(32-19-10-7-11-20-32,33-21-12-8-13-22-33)34-23-14-9-15-24-34/h7-26H,27H2,1-6H3/q+1. The third kappa shape index (κ3) is 6.05. The van der Waals surface area contributed by atoms with E-state index in [9.17, 15) is 4.79 Å². The van der Waals surface area contributed by atoms with Gasteiger partial charge in [-0.1, -0.05) is 92.2 Å². The van der Waals surface area contributed by atoms with Crippen molar-refractivity contribution in [1.29, 1.82) is 0 Å². The number of ketones is 1. The maximum absolute atomic E-state index is 12.8. The zero-order chi connectivity index (χ0) is 28.0. The Morgan fingerprint density at radius 2 is 1.23 bits per heavy atom. The van der Waals surface area contributed by atoms with E-state index in [1.54, 1.807) is 0 Å². The van der Waals surface area contributed by atoms with Crippen molar-refractivity contribution in [2.75, 3.05) is 0 Å². The molecule has 0 aromatic heterocycles. The molecule has 0 spiro atoms. The summed E-state index contributed by atoms with van der Waals surface area (Å²) in [6, 6.07) is 32.9. The fraction of sp³-hybridized carbons (Fsp3) is 0.216. The van der Waals surface area contributed by atoms with Gasteiger partial charge in [0.05, 0.1) is 0 Å². The summed E-state index contributed by atoms with van der Waals surface area (Å²) in [5, 5.41) is 5.24. The van der Waals surface area contributed by atoms with E-state index in [1.807, 2.05) is 6.08 Å². The SMILES string of the molecule is CC(C)=CC=CC(C)=CC(=C1C(C)=CC(=O)CC1(C)C)[P+](c1ccccc1)(c1ccccc1)c1ccccc1. The van der Waals surface area contributed by atoms with E-state index < -0.39 is 7.26 Å². The molecule has 0 saturated heterocycles. The van der Waals surface area contributed by atoms with Crippen molar-refractivity contribution in [1.82, 2.24) is 0 Å². The molecule has 0 heterocycles. The number of hydrogen-bond acceptors (Lipinski definition) is 1. The van der Waals surface area contributed by atoms with E-state index in [1.165, 1.54) is 37.9 Å². The molecule has 198 valence electrons. The molecule has 0 amide bonds. The summed E-state index contributed by atoms with van der Waals surface area (Å²) in [6.07, 6.45) is 11.2. The first-order valence-electron chi connectivity index (χ1n) is 13.7. The lowest BCUT2D eigenvalue weighted by Crippen LogP contribution is -2.35. The van der Waals surface area contributed by atoms with Crippen LogP contribution < -0.4 is 15.9 Å². The van der Waals surface area contributed by atoms with E-state index in [-0.39, 0.29) is 11.2 Å². The van der Waals surface area contributed by atoms with Crippen molar-refractivity contribution in [2.24, 2.45) is 5.41 Å². The van der Waals surface area contributed by atoms with Crippen molar-refractivity contribution in [3.8, 4) is 0 Å². The van der Waals surface area contributed by atoms with Gasteiger partial charge >= 0.3 is 0 Å². The molecule has 0 radical (unpaired) electrons. The second kappa shape index (κ2) is 12.1. The van der Waals surface area contributed by atoms with Gasteiger partial charge in [0.15, 0.2) is 5.78 Å². The predicted molar refractivity (Wildman–Crippen MR) is 172 cm³/mol. The number of hydrogen-bond donors (Lipinski definition) is 0. The van der Waals surface area contributed by atoms with Crippen LogP contribution in [0.4, 0.5) is 0 Å². The number of benzene rings is 3. The molecule has 0 bridgehead atoms. The van der Waals surface area contributed by atoms with E-state index in [4.69, 9.17) is 0 Å². The maximum atomic E-state index is 12.8. The first-order chi connectivity index (χ1) is 18.7. The summed E-state index contributed by atoms with van der Waals surface area (Å²) in [7, 11) is -2.37. The molecule has 1 aliphatic rings. The highest BCUT2D eigenvalue weighted by molar-refractivity contribution is 7.99. The lowest BCUT2D eigenvalue weighted by atomic mass is 9.72. The predicted octanol–water partition coefficient (Wildman–Crippen LogP) is 8.65. The summed E-state index contributed by atoms with van der Waals surface area (Å²) in [5.74, 6) is 0.202. The van der Waals surface area contributed by atoms with Crippen LogP contribution in [-0.4, -0.2) is 5.78 Å². The zero-order valence-electron chi connectivity index (χ0n) is 24.1. The molecule has 0 aliphatic heterocycles. The summed E-state index contributed by atoms with van der Waals surface area (Å²) in [4.78, 5) is 12.8. The van der Waals surface area contributed by atoms with Gasteiger partial charge in [0.1, 0.15) is 28.5 Å². The first kappa shape index (κ1) is 28.5. The second-order valence-corrected chi connectivity index (χ2v) is 14.7. The van der Waals surface area contributed by atoms with Crippen molar-refractivity contribution < 1.29 is 4.79 Å². The smallest absolute Gasteiger partial charge is 0.156 e. The normalized spacial score (nSPS) is 17.1. The van der Waals surface area contributed by atoms with Gasteiger partial charge in [0.2, 0.25) is 0 Å². The van der Waals surface area contributed by atoms with Crippen molar-refractivity contribution in [3.05, 3.63) is 149 Å². The Kier molecular flexibility index (Phi) is 8.83. The first-order valence-corrected chi connectivity index (χ1v) is 15.5. The molecular formula is C37H40OP+. The van der Waals surface area contributed by atoms with Gasteiger partial charge in [-0.25, -0.2) is 0 Å². The van der Waals surface area contributed by atoms with Gasteiger partial charge < -0.3 is 0 Å². The highest BCUT2D eigenvalue weighted by Crippen LogP contribution is 2.66. The van der Waals surface area contributed by atoms with Crippen molar-refractivity contribution in [2.45, 2.75) is 48.0 Å². The Morgan fingerprint density at radius 3 is 1.64 bits per heavy atom. The minimum atomic E-state index is -2.37. The second-order valence-electron chi connectivity index (χ2n) is 11.3. The lowest BCUT2D eigenvalue weighted by Gasteiger charge is -2.37. The Bertz CT molecular complexity index is 1370. The van der Waals surface area contributed by atoms with Gasteiger partial charge in [-0.05, 0) is 87.4 Å². The highest BCUT2D eigenvalue weighted by atomic mass is 31.2. The van der Waals surface area contributed by atoms with Crippen LogP contribution in [-0.2, 0) is 4.79 Å². The van der Waals surface area contributed by atoms with E-state index in [0.717, 1.165) is 5.57 Å². The van der Waals surface area contributed by atoms with Crippen LogP contribution in [0.25, 0.3) is 0 Å². The fourth-order valence-corrected chi connectivity index (χ4v) is 10.6. The van der Waals surface area contributed by atoms with Gasteiger partial charge in [-0.15, -0.1) is 0 Å². The molecule has 3 aromatic carbocycles. The molecule has 1 nitrogen and oxygen atoms in total. The Hall–Kier alpha value is -3.54. The molecular weight excluding hydrogens is 491 g/mol. The van der Waals surface area contributed by atoms with Crippen molar-refractivity contribution >= 4 is 29.0 Å². The van der Waals surface area contributed by atoms with E-state index >= 15 is 0 Å². The zero-order valence-corrected chi connectivity index (χ0v) is 25.0. The molecule has 0 unspecified atom stereocenters. The van der Waals surface area contributed by atoms with Crippen LogP contribution >= 0.6 is 7.26 Å². The highest BCUT2D eigenvalue weighted by Gasteiger charge is 2.52. The number of carbonyl (C=O) groups excluding carboxylic acids is 1. The van der Waals surface area contributed by atoms with Crippen LogP contribution in [0.5, 0.6) is 0 Å². The molecule has 2 heteroatoms. The number of rotatable bonds is 7. The molecule has 0 fully saturated rings. The average molecular weight is 532 g/mol. The summed E-state index contributed by atoms with van der Waals surface area (Å²) in [6.45, 7) is 13.0. The molecule has 39 heavy (non-hydrogen) atoms. The molecule has 4 rings (SSSR count). The molecule has 0 N–H and O–H groups in total. The summed E-state index contributed by atoms with van der Waals surface area (Å²) in [5.41, 5.74) is 4.48. The van der Waals surface area contributed by atoms with E-state index in [0.29, 0.717) is 6.42 Å². The maximum Gasteiger partial charge on any atom is 0.156 e. The largest absolute Gasteiger partial charge is 0.295 e. The van der Waals surface area contributed by atoms with Crippen LogP contribution in [0.3, 0.4) is 0 Å². The van der Waals surface area contributed by atoms with Gasteiger partial charge in [-0.3, -0.25) is 4.79 Å². The number of allylic oxidation sites excluding steroid dienone is 10. The summed E-state index contributed by atoms with van der Waals surface area (Å²) < 4.78 is 0. The number of carbonyl (C=O) groups is 1. The minimum absolute atomic E-state index is 0.202. The van der Waals surface area contributed by atoms with Crippen molar-refractivity contribution in [3.63, 3.8) is 0 Å². The van der Waals surface area contributed by atoms with E-state index in [2.05, 4.69) is 157 Å². The average Bonchev–Trinajstić information content (AvgIpc) is 2.89.